The van der Waals surface area contributed by atoms with Gasteiger partial charge in [-0.05, 0) is 47.5 Å². The highest BCUT2D eigenvalue weighted by molar-refractivity contribution is 7.80. The van der Waals surface area contributed by atoms with Crippen molar-refractivity contribution in [1.82, 2.24) is 4.90 Å². The molecule has 0 bridgehead atoms. The molecule has 0 spiro atoms. The van der Waals surface area contributed by atoms with Crippen LogP contribution in [0.4, 0.5) is 5.69 Å². The minimum absolute atomic E-state index is 0.0178. The maximum Gasteiger partial charge on any atom is 0.173 e. The van der Waals surface area contributed by atoms with Gasteiger partial charge >= 0.3 is 0 Å². The fourth-order valence-corrected chi connectivity index (χ4v) is 3.83. The van der Waals surface area contributed by atoms with Gasteiger partial charge in [0.15, 0.2) is 5.11 Å². The molecule has 0 aliphatic carbocycles. The van der Waals surface area contributed by atoms with E-state index in [-0.39, 0.29) is 6.10 Å². The van der Waals surface area contributed by atoms with Crippen LogP contribution in [-0.2, 0) is 17.7 Å². The van der Waals surface area contributed by atoms with E-state index in [4.69, 9.17) is 17.0 Å². The van der Waals surface area contributed by atoms with Crippen molar-refractivity contribution >= 4 is 23.0 Å². The van der Waals surface area contributed by atoms with Crippen molar-refractivity contribution in [2.24, 2.45) is 0 Å². The summed E-state index contributed by atoms with van der Waals surface area (Å²) in [6.45, 7) is 2.20. The van der Waals surface area contributed by atoms with Crippen LogP contribution in [0.25, 0.3) is 0 Å². The zero-order valence-electron chi connectivity index (χ0n) is 15.8. The number of ether oxygens (including phenoxy) is 1. The predicted octanol–water partition coefficient (Wildman–Crippen LogP) is 5.20. The summed E-state index contributed by atoms with van der Waals surface area (Å²) in [5, 5.41) is 4.09. The number of thiocarbonyl (C=S) groups is 1. The fourth-order valence-electron chi connectivity index (χ4n) is 3.58. The van der Waals surface area contributed by atoms with Crippen LogP contribution in [-0.4, -0.2) is 23.2 Å². The minimum Gasteiger partial charge on any atom is -0.371 e. The number of fused-ring (bicyclic) bond motifs is 1. The molecular formula is C24H24N2OS. The van der Waals surface area contributed by atoms with Gasteiger partial charge in [0.05, 0.1) is 13.2 Å². The Kier molecular flexibility index (Phi) is 6.00. The van der Waals surface area contributed by atoms with Crippen LogP contribution in [0.2, 0.25) is 0 Å². The number of para-hydroxylation sites is 1. The molecule has 1 aliphatic rings. The lowest BCUT2D eigenvalue weighted by Crippen LogP contribution is -2.39. The highest BCUT2D eigenvalue weighted by Gasteiger charge is 2.24. The third-order valence-corrected chi connectivity index (χ3v) is 5.37. The minimum atomic E-state index is 0.0178. The zero-order valence-corrected chi connectivity index (χ0v) is 16.6. The van der Waals surface area contributed by atoms with Crippen LogP contribution < -0.4 is 5.32 Å². The Morgan fingerprint density at radius 1 is 0.929 bits per heavy atom. The van der Waals surface area contributed by atoms with Gasteiger partial charge in [-0.15, -0.1) is 0 Å². The van der Waals surface area contributed by atoms with E-state index < -0.39 is 0 Å². The van der Waals surface area contributed by atoms with E-state index >= 15 is 0 Å². The summed E-state index contributed by atoms with van der Waals surface area (Å²) in [6.07, 6.45) is 0.988. The molecule has 0 saturated heterocycles. The van der Waals surface area contributed by atoms with E-state index in [9.17, 15) is 0 Å². The summed E-state index contributed by atoms with van der Waals surface area (Å²) >= 11 is 5.78. The Bertz CT molecular complexity index is 914. The number of hydrogen-bond acceptors (Lipinski definition) is 2. The third-order valence-electron chi connectivity index (χ3n) is 5.01. The van der Waals surface area contributed by atoms with Crippen LogP contribution in [0, 0.1) is 0 Å². The number of nitrogens with zero attached hydrogens (tertiary/aromatic N) is 1. The second-order valence-electron chi connectivity index (χ2n) is 6.97. The molecule has 3 aromatic carbocycles. The van der Waals surface area contributed by atoms with Crippen LogP contribution in [0.1, 0.15) is 22.8 Å². The monoisotopic (exact) mass is 388 g/mol. The molecule has 0 saturated carbocycles. The molecule has 0 radical (unpaired) electrons. The van der Waals surface area contributed by atoms with E-state index in [2.05, 4.69) is 58.7 Å². The van der Waals surface area contributed by atoms with Gasteiger partial charge in [-0.2, -0.15) is 0 Å². The fraction of sp³-hybridized carbons (Fsp3) is 0.208. The predicted molar refractivity (Wildman–Crippen MR) is 118 cm³/mol. The van der Waals surface area contributed by atoms with Crippen molar-refractivity contribution in [3.8, 4) is 0 Å². The summed E-state index contributed by atoms with van der Waals surface area (Å²) < 4.78 is 6.14. The number of nitrogens with one attached hydrogen (secondary N) is 1. The standard InChI is InChI=1S/C24H24N2OS/c28-24(25-21-12-5-2-6-13-21)26(17-19-9-3-1-4-10-19)18-23-22-14-8-7-11-20(22)15-16-27-23/h1-14,23H,15-18H2,(H,25,28)/t23-/m1/s1. The highest BCUT2D eigenvalue weighted by Crippen LogP contribution is 2.28. The van der Waals surface area contributed by atoms with E-state index in [1.807, 2.05) is 36.4 Å². The maximum atomic E-state index is 6.14. The first-order valence-electron chi connectivity index (χ1n) is 9.64. The number of hydrogen-bond donors (Lipinski definition) is 1. The number of anilines is 1. The van der Waals surface area contributed by atoms with Gasteiger partial charge in [0, 0.05) is 12.2 Å². The smallest absolute Gasteiger partial charge is 0.173 e. The van der Waals surface area contributed by atoms with Crippen LogP contribution in [0.3, 0.4) is 0 Å². The van der Waals surface area contributed by atoms with Crippen molar-refractivity contribution in [3.05, 3.63) is 102 Å². The summed E-state index contributed by atoms with van der Waals surface area (Å²) in [4.78, 5) is 2.20. The van der Waals surface area contributed by atoms with Crippen molar-refractivity contribution in [2.45, 2.75) is 19.1 Å². The van der Waals surface area contributed by atoms with Gasteiger partial charge in [-0.25, -0.2) is 0 Å². The van der Waals surface area contributed by atoms with Crippen LogP contribution in [0.5, 0.6) is 0 Å². The summed E-state index contributed by atoms with van der Waals surface area (Å²) in [6, 6.07) is 29.1. The lowest BCUT2D eigenvalue weighted by molar-refractivity contribution is 0.0275. The molecule has 1 N–H and O–H groups in total. The highest BCUT2D eigenvalue weighted by atomic mass is 32.1. The molecule has 1 atom stereocenters. The lowest BCUT2D eigenvalue weighted by atomic mass is 9.97. The van der Waals surface area contributed by atoms with Crippen molar-refractivity contribution in [3.63, 3.8) is 0 Å². The molecule has 28 heavy (non-hydrogen) atoms. The van der Waals surface area contributed by atoms with Gasteiger partial charge < -0.3 is 15.0 Å². The SMILES string of the molecule is S=C(Nc1ccccc1)N(Cc1ccccc1)C[C@H]1OCCc2ccccc21. The molecule has 0 fully saturated rings. The molecule has 1 aliphatic heterocycles. The summed E-state index contributed by atoms with van der Waals surface area (Å²) in [5.41, 5.74) is 4.87. The molecule has 0 amide bonds. The maximum absolute atomic E-state index is 6.14. The van der Waals surface area contributed by atoms with Gasteiger partial charge in [0.1, 0.15) is 6.10 Å². The van der Waals surface area contributed by atoms with Gasteiger partial charge in [-0.3, -0.25) is 0 Å². The molecule has 0 aromatic heterocycles. The zero-order chi connectivity index (χ0) is 19.2. The Hall–Kier alpha value is -2.69. The third kappa shape index (κ3) is 4.58. The average Bonchev–Trinajstić information content (AvgIpc) is 2.75. The Morgan fingerprint density at radius 3 is 2.39 bits per heavy atom. The van der Waals surface area contributed by atoms with E-state index in [1.54, 1.807) is 0 Å². The topological polar surface area (TPSA) is 24.5 Å². The van der Waals surface area contributed by atoms with Crippen molar-refractivity contribution < 1.29 is 4.74 Å². The second kappa shape index (κ2) is 9.00. The summed E-state index contributed by atoms with van der Waals surface area (Å²) in [7, 11) is 0. The van der Waals surface area contributed by atoms with E-state index in [0.717, 1.165) is 25.3 Å². The molecule has 3 nitrogen and oxygen atoms in total. The largest absolute Gasteiger partial charge is 0.371 e. The molecule has 1 heterocycles. The van der Waals surface area contributed by atoms with Gasteiger partial charge in [0.25, 0.3) is 0 Å². The first-order chi connectivity index (χ1) is 13.8. The Labute approximate surface area is 172 Å². The molecule has 0 unspecified atom stereocenters. The van der Waals surface area contributed by atoms with Gasteiger partial charge in [-0.1, -0.05) is 72.8 Å². The quantitative estimate of drug-likeness (QED) is 0.607. The first kappa shape index (κ1) is 18.7. The number of benzene rings is 3. The molecule has 3 aromatic rings. The molecule has 4 heteroatoms. The van der Waals surface area contributed by atoms with Crippen molar-refractivity contribution in [2.75, 3.05) is 18.5 Å². The first-order valence-corrected chi connectivity index (χ1v) is 10.0. The average molecular weight is 389 g/mol. The molecular weight excluding hydrogens is 364 g/mol. The molecule has 142 valence electrons. The number of rotatable bonds is 5. The lowest BCUT2D eigenvalue weighted by Gasteiger charge is -2.33. The second-order valence-corrected chi connectivity index (χ2v) is 7.36. The van der Waals surface area contributed by atoms with Gasteiger partial charge in [0.2, 0.25) is 0 Å². The van der Waals surface area contributed by atoms with E-state index in [1.165, 1.54) is 16.7 Å². The Morgan fingerprint density at radius 2 is 1.61 bits per heavy atom. The Balaban J connectivity index is 1.55. The van der Waals surface area contributed by atoms with Crippen LogP contribution >= 0.6 is 12.2 Å². The van der Waals surface area contributed by atoms with Crippen molar-refractivity contribution in [1.29, 1.82) is 0 Å². The normalized spacial score (nSPS) is 15.5. The van der Waals surface area contributed by atoms with Crippen LogP contribution in [0.15, 0.2) is 84.9 Å². The van der Waals surface area contributed by atoms with E-state index in [0.29, 0.717) is 11.7 Å². The molecule has 4 rings (SSSR count). The summed E-state index contributed by atoms with van der Waals surface area (Å²) in [5.74, 6) is 0.